The summed E-state index contributed by atoms with van der Waals surface area (Å²) in [4.78, 5) is 75.1. The Hall–Kier alpha value is -3.38. The number of carbonyl (C=O) groups excluding carboxylic acids is 6. The standard InChI is InChI=1S/C17H20BrNO4.C16H18BrNO4/c1-16(2,3)23-15(22)19-13(20)9-10-17(4,14(19)21)11-5-7-12(18)8-6-11;1-16(2,3)22-15(21)18-13(19)9-8-12(14(18)20)10-4-6-11(17)7-5-10/h5-8H,9-10H2,1-4H3;4-7,12H,8-9H2,1-3H3. The minimum Gasteiger partial charge on any atom is -0.443 e. The van der Waals surface area contributed by atoms with Crippen molar-refractivity contribution in [3.63, 3.8) is 0 Å². The molecule has 0 N–H and O–H groups in total. The van der Waals surface area contributed by atoms with Gasteiger partial charge in [-0.05, 0) is 96.7 Å². The van der Waals surface area contributed by atoms with Gasteiger partial charge in [0.05, 0.1) is 11.3 Å². The normalized spacial score (nSPS) is 20.8. The zero-order valence-corrected chi connectivity index (χ0v) is 29.6. The van der Waals surface area contributed by atoms with E-state index in [1.54, 1.807) is 48.5 Å². The zero-order chi connectivity index (χ0) is 33.9. The quantitative estimate of drug-likeness (QED) is 0.291. The molecule has 45 heavy (non-hydrogen) atoms. The molecule has 2 saturated heterocycles. The molecule has 6 amide bonds. The van der Waals surface area contributed by atoms with Crippen molar-refractivity contribution in [1.29, 1.82) is 0 Å². The SMILES string of the molecule is CC(C)(C)OC(=O)N1C(=O)CCC(C)(c2ccc(Br)cc2)C1=O.CC(C)(C)OC(=O)N1C(=O)CCC(c2ccc(Br)cc2)C1=O. The number of ether oxygens (including phenoxy) is 2. The average molecular weight is 750 g/mol. The lowest BCUT2D eigenvalue weighted by atomic mass is 9.75. The molecule has 2 aliphatic heterocycles. The largest absolute Gasteiger partial charge is 0.443 e. The van der Waals surface area contributed by atoms with Gasteiger partial charge in [-0.15, -0.1) is 0 Å². The Morgan fingerprint density at radius 3 is 1.67 bits per heavy atom. The molecule has 0 radical (unpaired) electrons. The van der Waals surface area contributed by atoms with Crippen LogP contribution in [0.5, 0.6) is 0 Å². The highest BCUT2D eigenvalue weighted by molar-refractivity contribution is 9.10. The number of imide groups is 6. The Morgan fingerprint density at radius 2 is 1.18 bits per heavy atom. The summed E-state index contributed by atoms with van der Waals surface area (Å²) >= 11 is 6.69. The maximum atomic E-state index is 12.9. The second-order valence-electron chi connectivity index (χ2n) is 13.0. The maximum absolute atomic E-state index is 12.9. The number of amides is 6. The van der Waals surface area contributed by atoms with E-state index in [2.05, 4.69) is 31.9 Å². The summed E-state index contributed by atoms with van der Waals surface area (Å²) in [6.45, 7) is 11.9. The number of piperidine rings is 2. The van der Waals surface area contributed by atoms with Crippen molar-refractivity contribution in [3.8, 4) is 0 Å². The summed E-state index contributed by atoms with van der Waals surface area (Å²) in [6.07, 6.45) is -0.771. The molecule has 242 valence electrons. The highest BCUT2D eigenvalue weighted by Gasteiger charge is 2.48. The Labute approximate surface area is 280 Å². The van der Waals surface area contributed by atoms with Crippen LogP contribution < -0.4 is 0 Å². The summed E-state index contributed by atoms with van der Waals surface area (Å²) in [6, 6.07) is 14.6. The fourth-order valence-electron chi connectivity index (χ4n) is 4.80. The first-order valence-electron chi connectivity index (χ1n) is 14.4. The molecule has 12 heteroatoms. The predicted octanol–water partition coefficient (Wildman–Crippen LogP) is 7.41. The van der Waals surface area contributed by atoms with Crippen LogP contribution in [-0.4, -0.2) is 56.8 Å². The fourth-order valence-corrected chi connectivity index (χ4v) is 5.33. The van der Waals surface area contributed by atoms with E-state index in [9.17, 15) is 28.8 Å². The Balaban J connectivity index is 0.000000246. The number of halogens is 2. The molecule has 2 aromatic carbocycles. The molecule has 2 atom stereocenters. The van der Waals surface area contributed by atoms with Gasteiger partial charge in [0.2, 0.25) is 23.6 Å². The van der Waals surface area contributed by atoms with Crippen LogP contribution in [0.2, 0.25) is 0 Å². The van der Waals surface area contributed by atoms with Gasteiger partial charge in [0.15, 0.2) is 0 Å². The van der Waals surface area contributed by atoms with E-state index in [1.165, 1.54) is 0 Å². The maximum Gasteiger partial charge on any atom is 0.424 e. The molecule has 0 bridgehead atoms. The predicted molar refractivity (Wildman–Crippen MR) is 173 cm³/mol. The molecule has 0 aromatic heterocycles. The highest BCUT2D eigenvalue weighted by Crippen LogP contribution is 2.36. The van der Waals surface area contributed by atoms with E-state index >= 15 is 0 Å². The number of rotatable bonds is 2. The summed E-state index contributed by atoms with van der Waals surface area (Å²) < 4.78 is 12.2. The van der Waals surface area contributed by atoms with Gasteiger partial charge >= 0.3 is 12.2 Å². The van der Waals surface area contributed by atoms with Gasteiger partial charge in [0.1, 0.15) is 11.2 Å². The lowest BCUT2D eigenvalue weighted by Gasteiger charge is -2.37. The second kappa shape index (κ2) is 13.9. The average Bonchev–Trinajstić information content (AvgIpc) is 2.91. The van der Waals surface area contributed by atoms with Crippen LogP contribution in [0.25, 0.3) is 0 Å². The van der Waals surface area contributed by atoms with Crippen LogP contribution >= 0.6 is 31.9 Å². The van der Waals surface area contributed by atoms with Crippen LogP contribution in [0.3, 0.4) is 0 Å². The van der Waals surface area contributed by atoms with Gasteiger partial charge < -0.3 is 9.47 Å². The Bertz CT molecular complexity index is 1480. The van der Waals surface area contributed by atoms with Gasteiger partial charge in [0, 0.05) is 21.8 Å². The summed E-state index contributed by atoms with van der Waals surface area (Å²) in [7, 11) is 0. The molecule has 0 spiro atoms. The van der Waals surface area contributed by atoms with Crippen molar-refractivity contribution in [1.82, 2.24) is 9.80 Å². The molecule has 2 aromatic rings. The fraction of sp³-hybridized carbons (Fsp3) is 0.455. The van der Waals surface area contributed by atoms with E-state index in [1.807, 2.05) is 48.5 Å². The van der Waals surface area contributed by atoms with E-state index in [-0.39, 0.29) is 12.8 Å². The number of nitrogens with zero attached hydrogens (tertiary/aromatic N) is 2. The number of hydrogen-bond acceptors (Lipinski definition) is 8. The smallest absolute Gasteiger partial charge is 0.424 e. The monoisotopic (exact) mass is 748 g/mol. The van der Waals surface area contributed by atoms with Gasteiger partial charge in [-0.2, -0.15) is 9.80 Å². The molecule has 4 rings (SSSR count). The van der Waals surface area contributed by atoms with Gasteiger partial charge in [-0.3, -0.25) is 19.2 Å². The number of likely N-dealkylation sites (tertiary alicyclic amines) is 2. The molecular formula is C33H38Br2N2O8. The van der Waals surface area contributed by atoms with Crippen LogP contribution in [0, 0.1) is 0 Å². The third-order valence-electron chi connectivity index (χ3n) is 7.08. The van der Waals surface area contributed by atoms with Crippen molar-refractivity contribution in [2.45, 2.75) is 96.7 Å². The first-order chi connectivity index (χ1) is 20.7. The van der Waals surface area contributed by atoms with Crippen molar-refractivity contribution in [2.75, 3.05) is 0 Å². The number of benzene rings is 2. The molecule has 2 fully saturated rings. The van der Waals surface area contributed by atoms with E-state index in [0.29, 0.717) is 22.6 Å². The summed E-state index contributed by atoms with van der Waals surface area (Å²) in [5, 5.41) is 0. The Morgan fingerprint density at radius 1 is 0.733 bits per heavy atom. The Kier molecular flexibility index (Phi) is 11.2. The molecular weight excluding hydrogens is 712 g/mol. The molecule has 2 unspecified atom stereocenters. The third-order valence-corrected chi connectivity index (χ3v) is 8.14. The molecule has 2 heterocycles. The lowest BCUT2D eigenvalue weighted by Crippen LogP contribution is -2.55. The van der Waals surface area contributed by atoms with Crippen LogP contribution in [0.4, 0.5) is 9.59 Å². The molecule has 2 aliphatic rings. The van der Waals surface area contributed by atoms with Crippen molar-refractivity contribution >= 4 is 67.7 Å². The third kappa shape index (κ3) is 9.09. The second-order valence-corrected chi connectivity index (χ2v) is 14.9. The first kappa shape index (κ1) is 36.1. The van der Waals surface area contributed by atoms with Crippen molar-refractivity contribution < 1.29 is 38.2 Å². The van der Waals surface area contributed by atoms with Crippen LogP contribution in [-0.2, 0) is 34.1 Å². The van der Waals surface area contributed by atoms with E-state index in [0.717, 1.165) is 20.1 Å². The summed E-state index contributed by atoms with van der Waals surface area (Å²) in [5.74, 6) is -2.58. The minimum atomic E-state index is -0.925. The molecule has 0 aliphatic carbocycles. The minimum absolute atomic E-state index is 0.123. The topological polar surface area (TPSA) is 127 Å². The van der Waals surface area contributed by atoms with Gasteiger partial charge in [0.25, 0.3) is 0 Å². The van der Waals surface area contributed by atoms with Crippen molar-refractivity contribution in [2.24, 2.45) is 0 Å². The zero-order valence-electron chi connectivity index (χ0n) is 26.4. The van der Waals surface area contributed by atoms with Gasteiger partial charge in [-0.1, -0.05) is 56.1 Å². The van der Waals surface area contributed by atoms with Crippen molar-refractivity contribution in [3.05, 3.63) is 68.6 Å². The van der Waals surface area contributed by atoms with E-state index < -0.39 is 58.4 Å². The first-order valence-corrected chi connectivity index (χ1v) is 16.0. The lowest BCUT2D eigenvalue weighted by molar-refractivity contribution is -0.152. The highest BCUT2D eigenvalue weighted by atomic mass is 79.9. The molecule has 0 saturated carbocycles. The van der Waals surface area contributed by atoms with E-state index in [4.69, 9.17) is 9.47 Å². The number of carbonyl (C=O) groups is 6. The summed E-state index contributed by atoms with van der Waals surface area (Å²) in [5.41, 5.74) is -0.905. The van der Waals surface area contributed by atoms with Crippen LogP contribution in [0.15, 0.2) is 57.5 Å². The van der Waals surface area contributed by atoms with Crippen LogP contribution in [0.1, 0.15) is 91.2 Å². The number of hydrogen-bond donors (Lipinski definition) is 0. The van der Waals surface area contributed by atoms with Gasteiger partial charge in [-0.25, -0.2) is 9.59 Å². The molecule has 10 nitrogen and oxygen atoms in total.